The Labute approximate surface area is 108 Å². The van der Waals surface area contributed by atoms with Crippen LogP contribution < -0.4 is 10.1 Å². The number of methoxy groups -OCH3 is 1. The van der Waals surface area contributed by atoms with Crippen LogP contribution in [0.15, 0.2) is 18.2 Å². The molecule has 18 heavy (non-hydrogen) atoms. The Balaban J connectivity index is 1.70. The first-order valence-electron chi connectivity index (χ1n) is 6.62. The lowest BCUT2D eigenvalue weighted by atomic mass is 9.94. The van der Waals surface area contributed by atoms with Gasteiger partial charge >= 0.3 is 0 Å². The molecule has 2 N–H and O–H groups in total. The first-order chi connectivity index (χ1) is 8.76. The number of rotatable bonds is 3. The second-order valence-corrected chi connectivity index (χ2v) is 5.28. The van der Waals surface area contributed by atoms with Gasteiger partial charge in [0, 0.05) is 30.9 Å². The fourth-order valence-corrected chi connectivity index (χ4v) is 3.14. The van der Waals surface area contributed by atoms with Crippen molar-refractivity contribution in [2.24, 2.45) is 5.92 Å². The number of hydrogen-bond donors (Lipinski definition) is 2. The maximum atomic E-state index is 9.78. The third-order valence-corrected chi connectivity index (χ3v) is 4.17. The number of aromatic hydroxyl groups is 1. The molecule has 4 nitrogen and oxygen atoms in total. The first kappa shape index (κ1) is 11.7. The molecular formula is C14H20N2O2. The van der Waals surface area contributed by atoms with Crippen molar-refractivity contribution in [1.82, 2.24) is 4.90 Å². The van der Waals surface area contributed by atoms with Gasteiger partial charge in [-0.15, -0.1) is 0 Å². The highest BCUT2D eigenvalue weighted by Gasteiger charge is 2.34. The molecule has 0 aliphatic carbocycles. The summed E-state index contributed by atoms with van der Waals surface area (Å²) in [6.45, 7) is 3.66. The molecule has 0 aromatic heterocycles. The summed E-state index contributed by atoms with van der Waals surface area (Å²) in [5.41, 5.74) is 0.985. The molecule has 2 aliphatic heterocycles. The Kier molecular flexibility index (Phi) is 3.04. The van der Waals surface area contributed by atoms with Gasteiger partial charge in [-0.1, -0.05) is 0 Å². The molecule has 1 aromatic rings. The predicted octanol–water partition coefficient (Wildman–Crippen LogP) is 1.91. The van der Waals surface area contributed by atoms with Gasteiger partial charge < -0.3 is 20.1 Å². The minimum atomic E-state index is 0.200. The number of phenolic OH excluding ortho intramolecular Hbond substituents is 1. The summed E-state index contributed by atoms with van der Waals surface area (Å²) in [6, 6.07) is 6.07. The second-order valence-electron chi connectivity index (χ2n) is 5.28. The molecule has 2 saturated heterocycles. The Bertz CT molecular complexity index is 436. The van der Waals surface area contributed by atoms with Crippen LogP contribution in [0.4, 0.5) is 5.69 Å². The van der Waals surface area contributed by atoms with Crippen LogP contribution in [0.3, 0.4) is 0 Å². The molecule has 3 rings (SSSR count). The molecule has 0 amide bonds. The van der Waals surface area contributed by atoms with Crippen molar-refractivity contribution in [2.45, 2.75) is 18.9 Å². The molecular weight excluding hydrogens is 228 g/mol. The largest absolute Gasteiger partial charge is 0.504 e. The highest BCUT2D eigenvalue weighted by molar-refractivity contribution is 5.54. The van der Waals surface area contributed by atoms with Crippen LogP contribution in [-0.4, -0.2) is 42.8 Å². The van der Waals surface area contributed by atoms with E-state index in [1.54, 1.807) is 19.2 Å². The normalized spacial score (nSPS) is 30.2. The lowest BCUT2D eigenvalue weighted by Gasteiger charge is -2.31. The minimum Gasteiger partial charge on any atom is -0.504 e. The van der Waals surface area contributed by atoms with Crippen LogP contribution in [0.1, 0.15) is 12.8 Å². The summed E-state index contributed by atoms with van der Waals surface area (Å²) < 4.78 is 5.05. The molecule has 1 aromatic carbocycles. The fourth-order valence-electron chi connectivity index (χ4n) is 3.14. The van der Waals surface area contributed by atoms with E-state index >= 15 is 0 Å². The predicted molar refractivity (Wildman–Crippen MR) is 71.2 cm³/mol. The molecule has 2 fully saturated rings. The lowest BCUT2D eigenvalue weighted by molar-refractivity contribution is 0.255. The topological polar surface area (TPSA) is 44.7 Å². The van der Waals surface area contributed by atoms with Gasteiger partial charge in [0.2, 0.25) is 0 Å². The van der Waals surface area contributed by atoms with E-state index in [-0.39, 0.29) is 5.75 Å². The van der Waals surface area contributed by atoms with Gasteiger partial charge in [-0.2, -0.15) is 0 Å². The summed E-state index contributed by atoms with van der Waals surface area (Å²) in [4.78, 5) is 2.54. The van der Waals surface area contributed by atoms with Crippen molar-refractivity contribution < 1.29 is 9.84 Å². The minimum absolute atomic E-state index is 0.200. The summed E-state index contributed by atoms with van der Waals surface area (Å²) in [5.74, 6) is 1.48. The second kappa shape index (κ2) is 4.69. The van der Waals surface area contributed by atoms with Gasteiger partial charge in [0.1, 0.15) is 0 Å². The molecule has 2 bridgehead atoms. The standard InChI is InChI=1S/C14H20N2O2/c1-18-14-3-2-11(8-13(14)17)15-12-5-7-16-6-4-10(12)9-16/h2-3,8,10,12,15,17H,4-7,9H2,1H3. The summed E-state index contributed by atoms with van der Waals surface area (Å²) in [7, 11) is 1.57. The molecule has 4 heteroatoms. The van der Waals surface area contributed by atoms with Crippen LogP contribution in [-0.2, 0) is 0 Å². The molecule has 0 saturated carbocycles. The Hall–Kier alpha value is -1.42. The third-order valence-electron chi connectivity index (χ3n) is 4.17. The molecule has 98 valence electrons. The molecule has 2 aliphatic rings. The van der Waals surface area contributed by atoms with Gasteiger partial charge in [-0.05, 0) is 37.4 Å². The number of ether oxygens (including phenoxy) is 1. The Morgan fingerprint density at radius 3 is 2.94 bits per heavy atom. The van der Waals surface area contributed by atoms with E-state index in [4.69, 9.17) is 4.74 Å². The van der Waals surface area contributed by atoms with E-state index in [1.165, 1.54) is 32.5 Å². The first-order valence-corrected chi connectivity index (χ1v) is 6.62. The van der Waals surface area contributed by atoms with E-state index in [0.717, 1.165) is 11.6 Å². The van der Waals surface area contributed by atoms with Crippen molar-refractivity contribution in [3.8, 4) is 11.5 Å². The zero-order chi connectivity index (χ0) is 12.5. The average molecular weight is 248 g/mol. The maximum Gasteiger partial charge on any atom is 0.160 e. The van der Waals surface area contributed by atoms with Crippen LogP contribution in [0.2, 0.25) is 0 Å². The van der Waals surface area contributed by atoms with Gasteiger partial charge in [0.25, 0.3) is 0 Å². The summed E-state index contributed by atoms with van der Waals surface area (Å²) >= 11 is 0. The number of fused-ring (bicyclic) bond motifs is 2. The lowest BCUT2D eigenvalue weighted by Crippen LogP contribution is -2.39. The molecule has 0 radical (unpaired) electrons. The maximum absolute atomic E-state index is 9.78. The molecule has 3 unspecified atom stereocenters. The quantitative estimate of drug-likeness (QED) is 0.857. The van der Waals surface area contributed by atoms with Crippen LogP contribution >= 0.6 is 0 Å². The third kappa shape index (κ3) is 2.12. The van der Waals surface area contributed by atoms with E-state index in [1.807, 2.05) is 6.07 Å². The summed E-state index contributed by atoms with van der Waals surface area (Å²) in [5, 5.41) is 13.3. The van der Waals surface area contributed by atoms with Gasteiger partial charge in [-0.25, -0.2) is 0 Å². The number of hydrogen-bond acceptors (Lipinski definition) is 4. The van der Waals surface area contributed by atoms with E-state index in [0.29, 0.717) is 11.8 Å². The van der Waals surface area contributed by atoms with Crippen molar-refractivity contribution >= 4 is 5.69 Å². The number of phenols is 1. The van der Waals surface area contributed by atoms with Crippen LogP contribution in [0.25, 0.3) is 0 Å². The van der Waals surface area contributed by atoms with Crippen LogP contribution in [0.5, 0.6) is 11.5 Å². The monoisotopic (exact) mass is 248 g/mol. The highest BCUT2D eigenvalue weighted by atomic mass is 16.5. The van der Waals surface area contributed by atoms with Crippen LogP contribution in [0, 0.1) is 5.92 Å². The van der Waals surface area contributed by atoms with Gasteiger partial charge in [0.15, 0.2) is 11.5 Å². The number of nitrogens with one attached hydrogen (secondary N) is 1. The molecule has 3 atom stereocenters. The van der Waals surface area contributed by atoms with E-state index in [9.17, 15) is 5.11 Å². The van der Waals surface area contributed by atoms with E-state index in [2.05, 4.69) is 10.2 Å². The van der Waals surface area contributed by atoms with Crippen molar-refractivity contribution in [3.05, 3.63) is 18.2 Å². The van der Waals surface area contributed by atoms with Crippen molar-refractivity contribution in [2.75, 3.05) is 32.1 Å². The number of anilines is 1. The zero-order valence-electron chi connectivity index (χ0n) is 10.7. The zero-order valence-corrected chi connectivity index (χ0v) is 10.7. The van der Waals surface area contributed by atoms with Crippen molar-refractivity contribution in [1.29, 1.82) is 0 Å². The Morgan fingerprint density at radius 1 is 1.33 bits per heavy atom. The average Bonchev–Trinajstić information content (AvgIpc) is 2.76. The SMILES string of the molecule is COc1ccc(NC2CCN3CCC2C3)cc1O. The van der Waals surface area contributed by atoms with Gasteiger partial charge in [-0.3, -0.25) is 0 Å². The Morgan fingerprint density at radius 2 is 2.17 bits per heavy atom. The number of piperidine rings is 1. The van der Waals surface area contributed by atoms with E-state index < -0.39 is 0 Å². The fraction of sp³-hybridized carbons (Fsp3) is 0.571. The highest BCUT2D eigenvalue weighted by Crippen LogP contribution is 2.32. The summed E-state index contributed by atoms with van der Waals surface area (Å²) in [6.07, 6.45) is 2.48. The number of nitrogens with zero attached hydrogens (tertiary/aromatic N) is 1. The molecule has 2 heterocycles. The van der Waals surface area contributed by atoms with Crippen molar-refractivity contribution in [3.63, 3.8) is 0 Å². The smallest absolute Gasteiger partial charge is 0.160 e. The number of benzene rings is 1. The van der Waals surface area contributed by atoms with Gasteiger partial charge in [0.05, 0.1) is 7.11 Å². The molecule has 0 spiro atoms.